The summed E-state index contributed by atoms with van der Waals surface area (Å²) in [6, 6.07) is 0.422. The second kappa shape index (κ2) is 4.16. The average Bonchev–Trinajstić information content (AvgIpc) is 2.83. The summed E-state index contributed by atoms with van der Waals surface area (Å²) >= 11 is 1.34. The molecule has 0 saturated heterocycles. The number of aromatic nitrogens is 2. The fourth-order valence-electron chi connectivity index (χ4n) is 4.27. The van der Waals surface area contributed by atoms with Crippen molar-refractivity contribution < 1.29 is 4.79 Å². The van der Waals surface area contributed by atoms with E-state index in [0.29, 0.717) is 11.0 Å². The highest BCUT2D eigenvalue weighted by molar-refractivity contribution is 7.17. The number of nitrogens with one attached hydrogen (secondary N) is 2. The normalized spacial score (nSPS) is 38.1. The predicted octanol–water partition coefficient (Wildman–Crippen LogP) is 1.74. The predicted molar refractivity (Wildman–Crippen MR) is 73.1 cm³/mol. The monoisotopic (exact) mass is 278 g/mol. The SMILES string of the molecule is CCNc1nnc(C(=O)NC2C3C4CCC(C4)C23)s1. The summed E-state index contributed by atoms with van der Waals surface area (Å²) in [6.45, 7) is 2.80. The van der Waals surface area contributed by atoms with Gasteiger partial charge in [0.2, 0.25) is 10.1 Å². The highest BCUT2D eigenvalue weighted by atomic mass is 32.1. The summed E-state index contributed by atoms with van der Waals surface area (Å²) in [5, 5.41) is 15.4. The van der Waals surface area contributed by atoms with Crippen molar-refractivity contribution in [3.63, 3.8) is 0 Å². The van der Waals surface area contributed by atoms with Crippen LogP contribution in [0.2, 0.25) is 0 Å². The smallest absolute Gasteiger partial charge is 0.282 e. The van der Waals surface area contributed by atoms with Gasteiger partial charge in [0.1, 0.15) is 0 Å². The minimum Gasteiger partial charge on any atom is -0.360 e. The van der Waals surface area contributed by atoms with Gasteiger partial charge in [0.05, 0.1) is 0 Å². The summed E-state index contributed by atoms with van der Waals surface area (Å²) < 4.78 is 0. The Morgan fingerprint density at radius 2 is 2.05 bits per heavy atom. The van der Waals surface area contributed by atoms with Crippen LogP contribution < -0.4 is 10.6 Å². The highest BCUT2D eigenvalue weighted by Crippen LogP contribution is 2.65. The van der Waals surface area contributed by atoms with Crippen molar-refractivity contribution in [3.05, 3.63) is 5.01 Å². The summed E-state index contributed by atoms with van der Waals surface area (Å²) in [4.78, 5) is 12.1. The fraction of sp³-hybridized carbons (Fsp3) is 0.769. The molecule has 3 fully saturated rings. The molecule has 3 saturated carbocycles. The Bertz CT molecular complexity index is 500. The molecule has 0 aliphatic heterocycles. The Kier molecular flexibility index (Phi) is 2.55. The molecular weight excluding hydrogens is 260 g/mol. The van der Waals surface area contributed by atoms with E-state index < -0.39 is 0 Å². The lowest BCUT2D eigenvalue weighted by Gasteiger charge is -2.08. The molecule has 1 amide bonds. The Labute approximate surface area is 116 Å². The van der Waals surface area contributed by atoms with Gasteiger partial charge in [-0.2, -0.15) is 0 Å². The van der Waals surface area contributed by atoms with Gasteiger partial charge in [-0.3, -0.25) is 4.79 Å². The molecule has 3 aliphatic rings. The molecule has 4 unspecified atom stereocenters. The summed E-state index contributed by atoms with van der Waals surface area (Å²) in [7, 11) is 0. The third kappa shape index (κ3) is 1.76. The maximum Gasteiger partial charge on any atom is 0.282 e. The summed E-state index contributed by atoms with van der Waals surface area (Å²) in [5.41, 5.74) is 0. The molecule has 3 aliphatic carbocycles. The van der Waals surface area contributed by atoms with Crippen molar-refractivity contribution in [2.24, 2.45) is 23.7 Å². The molecule has 2 N–H and O–H groups in total. The van der Waals surface area contributed by atoms with Crippen LogP contribution in [0.3, 0.4) is 0 Å². The average molecular weight is 278 g/mol. The minimum atomic E-state index is -0.0412. The van der Waals surface area contributed by atoms with Crippen molar-refractivity contribution in [3.8, 4) is 0 Å². The zero-order valence-electron chi connectivity index (χ0n) is 10.9. The summed E-state index contributed by atoms with van der Waals surface area (Å²) in [5.74, 6) is 3.26. The van der Waals surface area contributed by atoms with Crippen LogP contribution in [-0.2, 0) is 0 Å². The van der Waals surface area contributed by atoms with E-state index >= 15 is 0 Å². The number of carbonyl (C=O) groups excluding carboxylic acids is 1. The Balaban J connectivity index is 1.39. The van der Waals surface area contributed by atoms with E-state index in [1.165, 1.54) is 30.6 Å². The lowest BCUT2D eigenvalue weighted by Crippen LogP contribution is -2.29. The van der Waals surface area contributed by atoms with Crippen molar-refractivity contribution in [2.75, 3.05) is 11.9 Å². The lowest BCUT2D eigenvalue weighted by molar-refractivity contribution is 0.0943. The molecule has 0 spiro atoms. The fourth-order valence-corrected chi connectivity index (χ4v) is 4.98. The molecule has 19 heavy (non-hydrogen) atoms. The third-order valence-corrected chi connectivity index (χ3v) is 5.86. The van der Waals surface area contributed by atoms with E-state index in [9.17, 15) is 4.79 Å². The molecule has 4 rings (SSSR count). The Morgan fingerprint density at radius 1 is 1.32 bits per heavy atom. The first-order chi connectivity index (χ1) is 9.28. The number of nitrogens with zero attached hydrogens (tertiary/aromatic N) is 2. The minimum absolute atomic E-state index is 0.0412. The molecule has 6 heteroatoms. The van der Waals surface area contributed by atoms with Crippen LogP contribution in [0.4, 0.5) is 5.13 Å². The van der Waals surface area contributed by atoms with Crippen molar-refractivity contribution in [1.82, 2.24) is 15.5 Å². The topological polar surface area (TPSA) is 66.9 Å². The number of amides is 1. The molecule has 5 nitrogen and oxygen atoms in total. The van der Waals surface area contributed by atoms with Gasteiger partial charge in [-0.05, 0) is 49.9 Å². The van der Waals surface area contributed by atoms with Gasteiger partial charge in [-0.25, -0.2) is 0 Å². The zero-order chi connectivity index (χ0) is 13.0. The largest absolute Gasteiger partial charge is 0.360 e. The van der Waals surface area contributed by atoms with Crippen LogP contribution in [0.1, 0.15) is 36.0 Å². The highest BCUT2D eigenvalue weighted by Gasteiger charge is 2.65. The third-order valence-electron chi connectivity index (χ3n) is 4.98. The zero-order valence-corrected chi connectivity index (χ0v) is 11.7. The van der Waals surface area contributed by atoms with Gasteiger partial charge < -0.3 is 10.6 Å². The van der Waals surface area contributed by atoms with E-state index in [1.54, 1.807) is 0 Å². The molecule has 2 bridgehead atoms. The number of hydrogen-bond donors (Lipinski definition) is 2. The Hall–Kier alpha value is -1.17. The maximum atomic E-state index is 12.1. The van der Waals surface area contributed by atoms with Gasteiger partial charge in [-0.15, -0.1) is 10.2 Å². The van der Waals surface area contributed by atoms with E-state index in [0.717, 1.165) is 35.3 Å². The molecule has 1 aromatic heterocycles. The van der Waals surface area contributed by atoms with Crippen molar-refractivity contribution >= 4 is 22.4 Å². The molecule has 102 valence electrons. The molecule has 4 atom stereocenters. The van der Waals surface area contributed by atoms with Gasteiger partial charge in [-0.1, -0.05) is 11.3 Å². The second-order valence-corrected chi connectivity index (χ2v) is 6.91. The number of hydrogen-bond acceptors (Lipinski definition) is 5. The first kappa shape index (κ1) is 11.6. The Morgan fingerprint density at radius 3 is 2.74 bits per heavy atom. The van der Waals surface area contributed by atoms with Crippen LogP contribution in [0.5, 0.6) is 0 Å². The van der Waals surface area contributed by atoms with Gasteiger partial charge >= 0.3 is 0 Å². The van der Waals surface area contributed by atoms with Crippen LogP contribution in [0.15, 0.2) is 0 Å². The van der Waals surface area contributed by atoms with Crippen LogP contribution in [-0.4, -0.2) is 28.7 Å². The van der Waals surface area contributed by atoms with E-state index in [-0.39, 0.29) is 5.91 Å². The molecule has 0 radical (unpaired) electrons. The molecule has 1 aromatic rings. The van der Waals surface area contributed by atoms with Crippen molar-refractivity contribution in [1.29, 1.82) is 0 Å². The van der Waals surface area contributed by atoms with Crippen LogP contribution >= 0.6 is 11.3 Å². The van der Waals surface area contributed by atoms with Gasteiger partial charge in [0.15, 0.2) is 0 Å². The number of anilines is 1. The maximum absolute atomic E-state index is 12.1. The lowest BCUT2D eigenvalue weighted by atomic mass is 10.0. The first-order valence-corrected chi connectivity index (χ1v) is 7.98. The van der Waals surface area contributed by atoms with Gasteiger partial charge in [0, 0.05) is 12.6 Å². The van der Waals surface area contributed by atoms with Crippen LogP contribution in [0.25, 0.3) is 0 Å². The molecule has 1 heterocycles. The number of carbonyl (C=O) groups is 1. The first-order valence-electron chi connectivity index (χ1n) is 7.16. The van der Waals surface area contributed by atoms with Crippen LogP contribution in [0, 0.1) is 23.7 Å². The van der Waals surface area contributed by atoms with Gasteiger partial charge in [0.25, 0.3) is 5.91 Å². The number of fused-ring (bicyclic) bond motifs is 5. The number of rotatable bonds is 4. The van der Waals surface area contributed by atoms with E-state index in [1.807, 2.05) is 6.92 Å². The quantitative estimate of drug-likeness (QED) is 0.880. The molecule has 0 aromatic carbocycles. The summed E-state index contributed by atoms with van der Waals surface area (Å²) in [6.07, 6.45) is 4.16. The molecular formula is C13H18N4OS. The van der Waals surface area contributed by atoms with Crippen molar-refractivity contribution in [2.45, 2.75) is 32.2 Å². The second-order valence-electron chi connectivity index (χ2n) is 5.93. The van der Waals surface area contributed by atoms with E-state index in [4.69, 9.17) is 0 Å². The standard InChI is InChI=1S/C13H18N4OS/c1-2-14-13-17-16-12(19-13)11(18)15-10-8-6-3-4-7(5-6)9(8)10/h6-10H,2-5H2,1H3,(H,14,17)(H,15,18). The van der Waals surface area contributed by atoms with E-state index in [2.05, 4.69) is 20.8 Å².